The highest BCUT2D eigenvalue weighted by Crippen LogP contribution is 2.56. The Balaban J connectivity index is 1.29. The van der Waals surface area contributed by atoms with Crippen molar-refractivity contribution in [2.45, 2.75) is 26.2 Å². The van der Waals surface area contributed by atoms with Crippen molar-refractivity contribution >= 4 is 41.0 Å². The minimum absolute atomic E-state index is 0.264. The van der Waals surface area contributed by atoms with Crippen molar-refractivity contribution in [1.82, 2.24) is 4.90 Å². The molecule has 0 unspecified atom stereocenters. The number of esters is 1. The van der Waals surface area contributed by atoms with Gasteiger partial charge in [-0.05, 0) is 55.7 Å². The fraction of sp³-hybridized carbons (Fsp3) is 0.500. The molecule has 0 aromatic heterocycles. The minimum Gasteiger partial charge on any atom is -0.454 e. The van der Waals surface area contributed by atoms with Gasteiger partial charge in [0.15, 0.2) is 6.61 Å². The number of halogens is 1. The summed E-state index contributed by atoms with van der Waals surface area (Å²) in [5.74, 6) is -1.84. The summed E-state index contributed by atoms with van der Waals surface area (Å²) in [6.45, 7) is 0.905. The lowest BCUT2D eigenvalue weighted by atomic mass is 9.81. The number of nitrogens with zero attached hydrogens (tertiary/aromatic N) is 1. The van der Waals surface area contributed by atoms with Crippen LogP contribution in [-0.4, -0.2) is 41.7 Å². The maximum Gasteiger partial charge on any atom is 0.326 e. The summed E-state index contributed by atoms with van der Waals surface area (Å²) >= 11 is 6.01. The Morgan fingerprint density at radius 2 is 1.82 bits per heavy atom. The van der Waals surface area contributed by atoms with Crippen LogP contribution in [0.1, 0.15) is 24.8 Å². The van der Waals surface area contributed by atoms with Crippen LogP contribution in [0.5, 0.6) is 0 Å². The van der Waals surface area contributed by atoms with Gasteiger partial charge in [0, 0.05) is 10.7 Å². The van der Waals surface area contributed by atoms with Crippen LogP contribution in [0.2, 0.25) is 5.02 Å². The van der Waals surface area contributed by atoms with Gasteiger partial charge in [-0.15, -0.1) is 0 Å². The van der Waals surface area contributed by atoms with Crippen molar-refractivity contribution < 1.29 is 23.9 Å². The molecule has 1 aliphatic heterocycles. The van der Waals surface area contributed by atoms with Gasteiger partial charge in [-0.1, -0.05) is 17.7 Å². The molecule has 1 aromatic carbocycles. The number of carbonyl (C=O) groups is 4. The maximum atomic E-state index is 12.6. The predicted octanol–water partition coefficient (Wildman–Crippen LogP) is 2.16. The number of hydrogen-bond donors (Lipinski definition) is 1. The minimum atomic E-state index is -0.772. The molecule has 1 heterocycles. The van der Waals surface area contributed by atoms with Gasteiger partial charge in [0.2, 0.25) is 11.8 Å². The highest BCUT2D eigenvalue weighted by atomic mass is 35.5. The third-order valence-electron chi connectivity index (χ3n) is 6.13. The average molecular weight is 405 g/mol. The van der Waals surface area contributed by atoms with Crippen LogP contribution in [0.4, 0.5) is 5.69 Å². The number of anilines is 1. The van der Waals surface area contributed by atoms with Gasteiger partial charge in [-0.3, -0.25) is 24.1 Å². The third kappa shape index (κ3) is 3.28. The third-order valence-corrected chi connectivity index (χ3v) is 6.53. The fourth-order valence-corrected chi connectivity index (χ4v) is 5.00. The van der Waals surface area contributed by atoms with Crippen molar-refractivity contribution in [3.8, 4) is 0 Å². The molecule has 3 amide bonds. The largest absolute Gasteiger partial charge is 0.454 e. The highest BCUT2D eigenvalue weighted by Gasteiger charge is 2.61. The zero-order chi connectivity index (χ0) is 20.0. The first-order valence-corrected chi connectivity index (χ1v) is 9.80. The summed E-state index contributed by atoms with van der Waals surface area (Å²) in [5.41, 5.74) is 1.37. The van der Waals surface area contributed by atoms with Gasteiger partial charge in [0.05, 0.1) is 11.8 Å². The summed E-state index contributed by atoms with van der Waals surface area (Å²) < 4.78 is 4.95. The zero-order valence-corrected chi connectivity index (χ0v) is 16.2. The van der Waals surface area contributed by atoms with Gasteiger partial charge >= 0.3 is 5.97 Å². The summed E-state index contributed by atoms with van der Waals surface area (Å²) in [7, 11) is 0. The van der Waals surface area contributed by atoms with Crippen LogP contribution < -0.4 is 5.32 Å². The zero-order valence-electron chi connectivity index (χ0n) is 15.4. The van der Waals surface area contributed by atoms with Crippen molar-refractivity contribution in [2.75, 3.05) is 18.5 Å². The number of fused-ring (bicyclic) bond motifs is 5. The first-order chi connectivity index (χ1) is 13.3. The number of likely N-dealkylation sites (tertiary alicyclic amines) is 1. The molecule has 1 saturated heterocycles. The molecule has 3 aliphatic rings. The molecule has 2 saturated carbocycles. The Morgan fingerprint density at radius 3 is 2.43 bits per heavy atom. The molecule has 3 fully saturated rings. The highest BCUT2D eigenvalue weighted by molar-refractivity contribution is 6.31. The monoisotopic (exact) mass is 404 g/mol. The lowest BCUT2D eigenvalue weighted by Crippen LogP contribution is -2.38. The molecule has 4 atom stereocenters. The quantitative estimate of drug-likeness (QED) is 0.599. The van der Waals surface area contributed by atoms with Crippen molar-refractivity contribution in [3.63, 3.8) is 0 Å². The second-order valence-corrected chi connectivity index (χ2v) is 8.23. The normalized spacial score (nSPS) is 27.9. The van der Waals surface area contributed by atoms with Crippen LogP contribution in [0.15, 0.2) is 18.2 Å². The molecule has 7 nitrogen and oxygen atoms in total. The summed E-state index contributed by atoms with van der Waals surface area (Å²) in [6, 6.07) is 5.05. The van der Waals surface area contributed by atoms with E-state index in [1.807, 2.05) is 6.92 Å². The number of hydrogen-bond acceptors (Lipinski definition) is 5. The van der Waals surface area contributed by atoms with Crippen LogP contribution in [0.25, 0.3) is 0 Å². The lowest BCUT2D eigenvalue weighted by Gasteiger charge is -2.19. The van der Waals surface area contributed by atoms with Gasteiger partial charge in [0.25, 0.3) is 5.91 Å². The van der Waals surface area contributed by atoms with E-state index in [2.05, 4.69) is 5.32 Å². The molecule has 2 bridgehead atoms. The molecule has 0 radical (unpaired) electrons. The van der Waals surface area contributed by atoms with Crippen molar-refractivity contribution in [1.29, 1.82) is 0 Å². The predicted molar refractivity (Wildman–Crippen MR) is 100 cm³/mol. The number of ether oxygens (including phenoxy) is 1. The molecule has 148 valence electrons. The molecule has 8 heteroatoms. The number of nitrogens with one attached hydrogen (secondary N) is 1. The molecule has 28 heavy (non-hydrogen) atoms. The fourth-order valence-electron chi connectivity index (χ4n) is 4.81. The first-order valence-electron chi connectivity index (χ1n) is 9.42. The van der Waals surface area contributed by atoms with Crippen molar-refractivity contribution in [3.05, 3.63) is 28.8 Å². The van der Waals surface area contributed by atoms with Crippen molar-refractivity contribution in [2.24, 2.45) is 23.7 Å². The van der Waals surface area contributed by atoms with E-state index in [4.69, 9.17) is 16.3 Å². The molecule has 4 rings (SSSR count). The number of imide groups is 1. The van der Waals surface area contributed by atoms with Gasteiger partial charge in [0.1, 0.15) is 6.54 Å². The molecule has 1 N–H and O–H groups in total. The van der Waals surface area contributed by atoms with Gasteiger partial charge in [-0.25, -0.2) is 0 Å². The number of rotatable bonds is 5. The smallest absolute Gasteiger partial charge is 0.326 e. The second kappa shape index (κ2) is 7.20. The van der Waals surface area contributed by atoms with E-state index in [0.29, 0.717) is 10.7 Å². The average Bonchev–Trinajstić information content (AvgIpc) is 3.33. The molecule has 1 aromatic rings. The van der Waals surface area contributed by atoms with E-state index in [9.17, 15) is 19.2 Å². The van der Waals surface area contributed by atoms with Gasteiger partial charge < -0.3 is 10.1 Å². The Bertz CT molecular complexity index is 842. The Labute approximate surface area is 167 Å². The maximum absolute atomic E-state index is 12.6. The van der Waals surface area contributed by atoms with Crippen LogP contribution >= 0.6 is 11.6 Å². The Hall–Kier alpha value is -2.41. The summed E-state index contributed by atoms with van der Waals surface area (Å²) in [4.78, 5) is 50.2. The van der Waals surface area contributed by atoms with E-state index in [-0.39, 0.29) is 35.5 Å². The number of carbonyl (C=O) groups excluding carboxylic acids is 4. The summed E-state index contributed by atoms with van der Waals surface area (Å²) in [5, 5.41) is 3.09. The standard InChI is InChI=1S/C20H21ClN2O5/c1-10-2-5-13(7-14(10)21)22-15(24)9-28-16(25)8-23-19(26)17-11-3-4-12(6-11)18(17)20(23)27/h2,5,7,11-12,17-18H,3-4,6,8-9H2,1H3,(H,22,24)/t11-,12-,17+,18+/m1/s1. The topological polar surface area (TPSA) is 92.8 Å². The second-order valence-electron chi connectivity index (χ2n) is 7.82. The summed E-state index contributed by atoms with van der Waals surface area (Å²) in [6.07, 6.45) is 2.90. The SMILES string of the molecule is Cc1ccc(NC(=O)COC(=O)CN2C(=O)[C@H]3[C@@H]4CC[C@H](C4)[C@@H]3C2=O)cc1Cl. The van der Waals surface area contributed by atoms with Crippen LogP contribution in [-0.2, 0) is 23.9 Å². The lowest BCUT2D eigenvalue weighted by molar-refractivity contribution is -0.154. The van der Waals surface area contributed by atoms with E-state index in [1.165, 1.54) is 0 Å². The number of amides is 3. The number of benzene rings is 1. The molecule has 0 spiro atoms. The van der Waals surface area contributed by atoms with E-state index in [1.54, 1.807) is 18.2 Å². The van der Waals surface area contributed by atoms with E-state index >= 15 is 0 Å². The van der Waals surface area contributed by atoms with Crippen LogP contribution in [0, 0.1) is 30.6 Å². The molecular weight excluding hydrogens is 384 g/mol. The van der Waals surface area contributed by atoms with E-state index in [0.717, 1.165) is 29.7 Å². The number of aryl methyl sites for hydroxylation is 1. The molecule has 2 aliphatic carbocycles. The van der Waals surface area contributed by atoms with E-state index < -0.39 is 25.0 Å². The Kier molecular flexibility index (Phi) is 4.87. The van der Waals surface area contributed by atoms with Gasteiger partial charge in [-0.2, -0.15) is 0 Å². The van der Waals surface area contributed by atoms with Crippen LogP contribution in [0.3, 0.4) is 0 Å². The first kappa shape index (κ1) is 18.9. The molecular formula is C20H21ClN2O5. The Morgan fingerprint density at radius 1 is 1.18 bits per heavy atom.